The summed E-state index contributed by atoms with van der Waals surface area (Å²) in [5, 5.41) is 4.40. The van der Waals surface area contributed by atoms with Crippen LogP contribution in [0.5, 0.6) is 0 Å². The van der Waals surface area contributed by atoms with Gasteiger partial charge in [-0.25, -0.2) is 0 Å². The second kappa shape index (κ2) is 8.71. The number of thioether (sulfide) groups is 1. The number of hydrogen-bond donors (Lipinski definition) is 1. The van der Waals surface area contributed by atoms with Crippen molar-refractivity contribution in [3.05, 3.63) is 35.4 Å². The maximum absolute atomic E-state index is 5.44. The minimum absolute atomic E-state index is 0.471. The molecule has 1 aromatic carbocycles. The molecule has 0 spiro atoms. The molecule has 1 N–H and O–H groups in total. The van der Waals surface area contributed by atoms with Crippen LogP contribution in [-0.4, -0.2) is 30.8 Å². The molecule has 2 nitrogen and oxygen atoms in total. The first-order valence-corrected chi connectivity index (χ1v) is 8.90. The Kier molecular flexibility index (Phi) is 6.91. The summed E-state index contributed by atoms with van der Waals surface area (Å²) in [6, 6.07) is 9.57. The van der Waals surface area contributed by atoms with E-state index in [0.717, 1.165) is 37.2 Å². The number of hydrogen-bond acceptors (Lipinski definition) is 3. The number of rotatable bonds is 7. The lowest BCUT2D eigenvalue weighted by Crippen LogP contribution is -2.25. The lowest BCUT2D eigenvalue weighted by atomic mass is 10.0. The first-order valence-electron chi connectivity index (χ1n) is 7.85. The van der Waals surface area contributed by atoms with E-state index >= 15 is 0 Å². The molecule has 1 saturated heterocycles. The minimum atomic E-state index is 0.471. The smallest absolute Gasteiger partial charge is 0.0476 e. The van der Waals surface area contributed by atoms with Gasteiger partial charge in [0.1, 0.15) is 0 Å². The Bertz CT molecular complexity index is 373. The third kappa shape index (κ3) is 4.80. The van der Waals surface area contributed by atoms with E-state index in [4.69, 9.17) is 4.74 Å². The van der Waals surface area contributed by atoms with Crippen molar-refractivity contribution in [1.29, 1.82) is 0 Å². The Morgan fingerprint density at radius 2 is 1.90 bits per heavy atom. The second-order valence-corrected chi connectivity index (χ2v) is 6.68. The van der Waals surface area contributed by atoms with Crippen LogP contribution in [0.2, 0.25) is 0 Å². The van der Waals surface area contributed by atoms with Crippen LogP contribution in [0.15, 0.2) is 24.3 Å². The summed E-state index contributed by atoms with van der Waals surface area (Å²) in [5.41, 5.74) is 2.84. The number of ether oxygens (including phenoxy) is 1. The summed E-state index contributed by atoms with van der Waals surface area (Å²) >= 11 is 2.11. The summed E-state index contributed by atoms with van der Waals surface area (Å²) in [5.74, 6) is 1.16. The fourth-order valence-electron chi connectivity index (χ4n) is 2.58. The molecular weight excluding hydrogens is 266 g/mol. The summed E-state index contributed by atoms with van der Waals surface area (Å²) in [6.07, 6.45) is 3.53. The SMILES string of the molecule is CCNC(CSC1CCOCC1)c1ccc(CC)cc1. The van der Waals surface area contributed by atoms with E-state index < -0.39 is 0 Å². The summed E-state index contributed by atoms with van der Waals surface area (Å²) < 4.78 is 5.44. The van der Waals surface area contributed by atoms with E-state index in [1.807, 2.05) is 0 Å². The van der Waals surface area contributed by atoms with E-state index in [0.29, 0.717) is 6.04 Å². The molecule has 2 rings (SSSR count). The molecule has 1 unspecified atom stereocenters. The molecule has 0 saturated carbocycles. The monoisotopic (exact) mass is 293 g/mol. The van der Waals surface area contributed by atoms with Gasteiger partial charge in [-0.2, -0.15) is 11.8 Å². The highest BCUT2D eigenvalue weighted by atomic mass is 32.2. The average Bonchev–Trinajstić information content (AvgIpc) is 2.52. The molecule has 0 bridgehead atoms. The zero-order valence-electron chi connectivity index (χ0n) is 12.7. The van der Waals surface area contributed by atoms with Gasteiger partial charge in [0.2, 0.25) is 0 Å². The minimum Gasteiger partial charge on any atom is -0.381 e. The van der Waals surface area contributed by atoms with Crippen molar-refractivity contribution in [2.75, 3.05) is 25.5 Å². The highest BCUT2D eigenvalue weighted by molar-refractivity contribution is 7.99. The van der Waals surface area contributed by atoms with Crippen molar-refractivity contribution in [3.8, 4) is 0 Å². The molecule has 1 aliphatic rings. The molecule has 0 amide bonds. The van der Waals surface area contributed by atoms with Gasteiger partial charge in [-0.05, 0) is 36.9 Å². The lowest BCUT2D eigenvalue weighted by Gasteiger charge is -2.25. The standard InChI is InChI=1S/C17H27NOS/c1-3-14-5-7-15(8-6-14)17(18-4-2)13-20-16-9-11-19-12-10-16/h5-8,16-18H,3-4,9-13H2,1-2H3. The van der Waals surface area contributed by atoms with Crippen molar-refractivity contribution in [2.24, 2.45) is 0 Å². The Morgan fingerprint density at radius 1 is 1.20 bits per heavy atom. The molecule has 0 aliphatic carbocycles. The van der Waals surface area contributed by atoms with Crippen LogP contribution in [0.4, 0.5) is 0 Å². The van der Waals surface area contributed by atoms with Gasteiger partial charge in [-0.15, -0.1) is 0 Å². The molecule has 112 valence electrons. The molecule has 0 radical (unpaired) electrons. The first kappa shape index (κ1) is 15.9. The topological polar surface area (TPSA) is 21.3 Å². The predicted octanol–water partition coefficient (Wildman–Crippen LogP) is 3.81. The number of benzene rings is 1. The zero-order valence-corrected chi connectivity index (χ0v) is 13.5. The Hall–Kier alpha value is -0.510. The van der Waals surface area contributed by atoms with Crippen molar-refractivity contribution in [3.63, 3.8) is 0 Å². The molecule has 1 heterocycles. The maximum Gasteiger partial charge on any atom is 0.0476 e. The predicted molar refractivity (Wildman–Crippen MR) is 88.5 cm³/mol. The molecule has 3 heteroatoms. The second-order valence-electron chi connectivity index (χ2n) is 5.35. The van der Waals surface area contributed by atoms with Gasteiger partial charge in [-0.3, -0.25) is 0 Å². The van der Waals surface area contributed by atoms with Crippen LogP contribution < -0.4 is 5.32 Å². The largest absolute Gasteiger partial charge is 0.381 e. The van der Waals surface area contributed by atoms with E-state index in [2.05, 4.69) is 55.2 Å². The number of aryl methyl sites for hydroxylation is 1. The summed E-state index contributed by atoms with van der Waals surface area (Å²) in [7, 11) is 0. The van der Waals surface area contributed by atoms with Gasteiger partial charge >= 0.3 is 0 Å². The highest BCUT2D eigenvalue weighted by Gasteiger charge is 2.17. The van der Waals surface area contributed by atoms with Crippen LogP contribution in [0, 0.1) is 0 Å². The lowest BCUT2D eigenvalue weighted by molar-refractivity contribution is 0.1000. The molecule has 1 aromatic rings. The van der Waals surface area contributed by atoms with E-state index in [-0.39, 0.29) is 0 Å². The quantitative estimate of drug-likeness (QED) is 0.826. The Balaban J connectivity index is 1.90. The molecule has 1 aliphatic heterocycles. The normalized spacial score (nSPS) is 18.1. The highest BCUT2D eigenvalue weighted by Crippen LogP contribution is 2.27. The summed E-state index contributed by atoms with van der Waals surface area (Å²) in [4.78, 5) is 0. The van der Waals surface area contributed by atoms with Gasteiger partial charge in [0, 0.05) is 30.3 Å². The average molecular weight is 293 g/mol. The van der Waals surface area contributed by atoms with Gasteiger partial charge in [0.15, 0.2) is 0 Å². The van der Waals surface area contributed by atoms with Gasteiger partial charge in [0.05, 0.1) is 0 Å². The van der Waals surface area contributed by atoms with E-state index in [1.165, 1.54) is 24.0 Å². The van der Waals surface area contributed by atoms with Crippen LogP contribution in [0.3, 0.4) is 0 Å². The third-order valence-electron chi connectivity index (χ3n) is 3.91. The van der Waals surface area contributed by atoms with Crippen molar-refractivity contribution in [2.45, 2.75) is 44.4 Å². The van der Waals surface area contributed by atoms with Gasteiger partial charge in [0.25, 0.3) is 0 Å². The van der Waals surface area contributed by atoms with E-state index in [9.17, 15) is 0 Å². The fourth-order valence-corrected chi connectivity index (χ4v) is 3.88. The Labute approximate surface area is 127 Å². The molecule has 1 atom stereocenters. The van der Waals surface area contributed by atoms with Crippen molar-refractivity contribution < 1.29 is 4.74 Å². The van der Waals surface area contributed by atoms with E-state index in [1.54, 1.807) is 0 Å². The first-order chi connectivity index (χ1) is 9.83. The third-order valence-corrected chi connectivity index (χ3v) is 5.38. The van der Waals surface area contributed by atoms with Gasteiger partial charge < -0.3 is 10.1 Å². The van der Waals surface area contributed by atoms with Crippen LogP contribution in [0.1, 0.15) is 43.9 Å². The molecule has 20 heavy (non-hydrogen) atoms. The van der Waals surface area contributed by atoms with Gasteiger partial charge in [-0.1, -0.05) is 38.1 Å². The van der Waals surface area contributed by atoms with Crippen LogP contribution >= 0.6 is 11.8 Å². The molecule has 0 aromatic heterocycles. The number of nitrogens with one attached hydrogen (secondary N) is 1. The zero-order chi connectivity index (χ0) is 14.2. The van der Waals surface area contributed by atoms with Crippen molar-refractivity contribution >= 4 is 11.8 Å². The molecule has 1 fully saturated rings. The molecular formula is C17H27NOS. The summed E-state index contributed by atoms with van der Waals surface area (Å²) in [6.45, 7) is 7.29. The fraction of sp³-hybridized carbons (Fsp3) is 0.647. The van der Waals surface area contributed by atoms with Crippen LogP contribution in [0.25, 0.3) is 0 Å². The van der Waals surface area contributed by atoms with Crippen LogP contribution in [-0.2, 0) is 11.2 Å². The Morgan fingerprint density at radius 3 is 2.50 bits per heavy atom. The van der Waals surface area contributed by atoms with Crippen molar-refractivity contribution in [1.82, 2.24) is 5.32 Å². The maximum atomic E-state index is 5.44.